The summed E-state index contributed by atoms with van der Waals surface area (Å²) >= 11 is 1.65. The minimum atomic E-state index is -0.0788. The van der Waals surface area contributed by atoms with Crippen LogP contribution in [0.25, 0.3) is 21.3 Å². The van der Waals surface area contributed by atoms with E-state index in [9.17, 15) is 4.79 Å². The Bertz CT molecular complexity index is 1040. The number of anilines is 1. The molecule has 2 N–H and O–H groups in total. The molecule has 0 aliphatic carbocycles. The number of hydrogen-bond donors (Lipinski definition) is 2. The molecule has 0 saturated heterocycles. The van der Waals surface area contributed by atoms with Gasteiger partial charge in [-0.15, -0.1) is 11.3 Å². The van der Waals surface area contributed by atoms with Crippen LogP contribution in [-0.4, -0.2) is 9.97 Å². The maximum absolute atomic E-state index is 12.1. The molecule has 4 rings (SSSR count). The number of fused-ring (bicyclic) bond motifs is 1. The van der Waals surface area contributed by atoms with Gasteiger partial charge in [0.15, 0.2) is 0 Å². The van der Waals surface area contributed by atoms with Crippen molar-refractivity contribution in [1.29, 1.82) is 0 Å². The summed E-state index contributed by atoms with van der Waals surface area (Å²) in [5, 5.41) is 5.90. The van der Waals surface area contributed by atoms with Crippen molar-refractivity contribution in [2.24, 2.45) is 0 Å². The van der Waals surface area contributed by atoms with Crippen LogP contribution in [-0.2, 0) is 6.54 Å². The first-order valence-electron chi connectivity index (χ1n) is 7.66. The van der Waals surface area contributed by atoms with Crippen molar-refractivity contribution in [3.63, 3.8) is 0 Å². The fraction of sp³-hybridized carbons (Fsp3) is 0.0526. The molecular formula is C19H15N3OS. The van der Waals surface area contributed by atoms with Gasteiger partial charge in [-0.3, -0.25) is 4.79 Å². The van der Waals surface area contributed by atoms with Crippen LogP contribution in [0.3, 0.4) is 0 Å². The first-order valence-corrected chi connectivity index (χ1v) is 8.47. The third-order valence-corrected chi connectivity index (χ3v) is 4.83. The van der Waals surface area contributed by atoms with Crippen molar-refractivity contribution in [2.45, 2.75) is 6.54 Å². The van der Waals surface area contributed by atoms with Crippen molar-refractivity contribution in [2.75, 3.05) is 5.32 Å². The second-order valence-corrected chi connectivity index (χ2v) is 6.57. The summed E-state index contributed by atoms with van der Waals surface area (Å²) in [6, 6.07) is 19.6. The van der Waals surface area contributed by atoms with E-state index in [0.29, 0.717) is 17.7 Å². The van der Waals surface area contributed by atoms with Gasteiger partial charge in [0.2, 0.25) is 0 Å². The third-order valence-electron chi connectivity index (χ3n) is 3.78. The highest BCUT2D eigenvalue weighted by atomic mass is 32.1. The molecule has 5 heteroatoms. The summed E-state index contributed by atoms with van der Waals surface area (Å²) in [5.74, 6) is 0.716. The average molecular weight is 333 g/mol. The molecule has 2 aromatic heterocycles. The Kier molecular flexibility index (Phi) is 3.84. The monoisotopic (exact) mass is 333 g/mol. The van der Waals surface area contributed by atoms with E-state index in [1.807, 2.05) is 54.7 Å². The Morgan fingerprint density at radius 3 is 2.71 bits per heavy atom. The summed E-state index contributed by atoms with van der Waals surface area (Å²) in [4.78, 5) is 20.6. The summed E-state index contributed by atoms with van der Waals surface area (Å²) in [5.41, 5.74) is 1.04. The van der Waals surface area contributed by atoms with Gasteiger partial charge in [0, 0.05) is 22.0 Å². The number of hydrogen-bond acceptors (Lipinski definition) is 4. The van der Waals surface area contributed by atoms with Gasteiger partial charge in [0.25, 0.3) is 5.56 Å². The normalized spacial score (nSPS) is 10.8. The zero-order chi connectivity index (χ0) is 16.4. The van der Waals surface area contributed by atoms with Crippen molar-refractivity contribution in [3.05, 3.63) is 82.1 Å². The Hall–Kier alpha value is -2.92. The maximum atomic E-state index is 12.1. The van der Waals surface area contributed by atoms with Crippen LogP contribution in [0.1, 0.15) is 4.88 Å². The van der Waals surface area contributed by atoms with E-state index < -0.39 is 0 Å². The van der Waals surface area contributed by atoms with Crippen LogP contribution in [0.4, 0.5) is 5.82 Å². The molecule has 0 fully saturated rings. The smallest absolute Gasteiger partial charge is 0.257 e. The minimum Gasteiger partial charge on any atom is -0.367 e. The van der Waals surface area contributed by atoms with Crippen LogP contribution in [0.15, 0.2) is 71.7 Å². The lowest BCUT2D eigenvalue weighted by molar-refractivity contribution is 1.12. The fourth-order valence-electron chi connectivity index (χ4n) is 2.59. The van der Waals surface area contributed by atoms with E-state index in [1.165, 1.54) is 0 Å². The number of H-pyrrole nitrogens is 1. The minimum absolute atomic E-state index is 0.0788. The van der Waals surface area contributed by atoms with Crippen molar-refractivity contribution in [3.8, 4) is 10.6 Å². The first kappa shape index (κ1) is 14.7. The number of thiazole rings is 1. The van der Waals surface area contributed by atoms with Crippen molar-refractivity contribution < 1.29 is 0 Å². The Balaban J connectivity index is 1.53. The first-order chi connectivity index (χ1) is 11.8. The van der Waals surface area contributed by atoms with Gasteiger partial charge in [-0.25, -0.2) is 4.98 Å². The molecule has 0 atom stereocenters. The van der Waals surface area contributed by atoms with Crippen LogP contribution >= 0.6 is 11.3 Å². The van der Waals surface area contributed by atoms with E-state index in [0.717, 1.165) is 20.8 Å². The molecule has 24 heavy (non-hydrogen) atoms. The van der Waals surface area contributed by atoms with E-state index in [1.54, 1.807) is 11.3 Å². The molecule has 0 saturated carbocycles. The lowest BCUT2D eigenvalue weighted by Crippen LogP contribution is -2.10. The summed E-state index contributed by atoms with van der Waals surface area (Å²) in [7, 11) is 0. The number of nitrogens with one attached hydrogen (secondary N) is 2. The SMILES string of the molecule is O=c1[nH]c(NCc2cnc(-c3ccccc3)s2)cc2ccccc12. The highest BCUT2D eigenvalue weighted by molar-refractivity contribution is 7.15. The van der Waals surface area contributed by atoms with E-state index in [2.05, 4.69) is 27.4 Å². The standard InChI is InChI=1S/C19H15N3OS/c23-18-16-9-5-4-8-14(16)10-17(22-18)20-11-15-12-21-19(24-15)13-6-2-1-3-7-13/h1-10,12H,11H2,(H2,20,22,23). The van der Waals surface area contributed by atoms with Gasteiger partial charge in [0.05, 0.1) is 6.54 Å². The van der Waals surface area contributed by atoms with Crippen LogP contribution in [0, 0.1) is 0 Å². The Morgan fingerprint density at radius 1 is 1.04 bits per heavy atom. The molecular weight excluding hydrogens is 318 g/mol. The highest BCUT2D eigenvalue weighted by Gasteiger charge is 2.05. The number of aromatic amines is 1. The van der Waals surface area contributed by atoms with Crippen LogP contribution in [0.2, 0.25) is 0 Å². The Labute approximate surface area is 142 Å². The van der Waals surface area contributed by atoms with E-state index in [4.69, 9.17) is 0 Å². The van der Waals surface area contributed by atoms with Gasteiger partial charge in [0.1, 0.15) is 10.8 Å². The molecule has 4 nitrogen and oxygen atoms in total. The molecule has 0 unspecified atom stereocenters. The number of nitrogens with zero attached hydrogens (tertiary/aromatic N) is 1. The van der Waals surface area contributed by atoms with E-state index in [-0.39, 0.29) is 5.56 Å². The summed E-state index contributed by atoms with van der Waals surface area (Å²) in [6.07, 6.45) is 1.87. The van der Waals surface area contributed by atoms with Gasteiger partial charge in [-0.1, -0.05) is 48.5 Å². The molecule has 0 aliphatic rings. The molecule has 0 spiro atoms. The third kappa shape index (κ3) is 2.94. The number of aromatic nitrogens is 2. The fourth-order valence-corrected chi connectivity index (χ4v) is 3.45. The van der Waals surface area contributed by atoms with Gasteiger partial charge in [-0.2, -0.15) is 0 Å². The number of benzene rings is 2. The van der Waals surface area contributed by atoms with Crippen molar-refractivity contribution >= 4 is 27.9 Å². The predicted octanol–water partition coefficient (Wildman–Crippen LogP) is 4.26. The molecule has 2 heterocycles. The van der Waals surface area contributed by atoms with E-state index >= 15 is 0 Å². The summed E-state index contributed by atoms with van der Waals surface area (Å²) in [6.45, 7) is 0.624. The number of rotatable bonds is 4. The molecule has 2 aromatic carbocycles. The van der Waals surface area contributed by atoms with Crippen molar-refractivity contribution in [1.82, 2.24) is 9.97 Å². The quantitative estimate of drug-likeness (QED) is 0.586. The van der Waals surface area contributed by atoms with Gasteiger partial charge in [-0.05, 0) is 17.5 Å². The molecule has 0 radical (unpaired) electrons. The zero-order valence-electron chi connectivity index (χ0n) is 12.8. The zero-order valence-corrected chi connectivity index (χ0v) is 13.6. The molecule has 118 valence electrons. The van der Waals surface area contributed by atoms with Crippen LogP contribution in [0.5, 0.6) is 0 Å². The largest absolute Gasteiger partial charge is 0.367 e. The summed E-state index contributed by atoms with van der Waals surface area (Å²) < 4.78 is 0. The second-order valence-electron chi connectivity index (χ2n) is 5.45. The lowest BCUT2D eigenvalue weighted by atomic mass is 10.2. The van der Waals surface area contributed by atoms with Gasteiger partial charge < -0.3 is 10.3 Å². The average Bonchev–Trinajstić information content (AvgIpc) is 3.10. The predicted molar refractivity (Wildman–Crippen MR) is 99.4 cm³/mol. The Morgan fingerprint density at radius 2 is 1.83 bits per heavy atom. The number of pyridine rings is 1. The second kappa shape index (κ2) is 6.29. The molecule has 0 aliphatic heterocycles. The maximum Gasteiger partial charge on any atom is 0.257 e. The lowest BCUT2D eigenvalue weighted by Gasteiger charge is -2.05. The molecule has 4 aromatic rings. The molecule has 0 bridgehead atoms. The molecule has 0 amide bonds. The topological polar surface area (TPSA) is 57.8 Å². The highest BCUT2D eigenvalue weighted by Crippen LogP contribution is 2.25. The van der Waals surface area contributed by atoms with Gasteiger partial charge >= 0.3 is 0 Å². The van der Waals surface area contributed by atoms with Crippen LogP contribution < -0.4 is 10.9 Å².